The fourth-order valence-corrected chi connectivity index (χ4v) is 2.23. The molecule has 1 atom stereocenters. The maximum Gasteiger partial charge on any atom is 0.315 e. The summed E-state index contributed by atoms with van der Waals surface area (Å²) in [6, 6.07) is 15.1. The van der Waals surface area contributed by atoms with Gasteiger partial charge in [-0.15, -0.1) is 0 Å². The third kappa shape index (κ3) is 5.49. The van der Waals surface area contributed by atoms with Crippen LogP contribution >= 0.6 is 11.6 Å². The van der Waals surface area contributed by atoms with Crippen LogP contribution in [0.3, 0.4) is 0 Å². The lowest BCUT2D eigenvalue weighted by Gasteiger charge is -2.15. The van der Waals surface area contributed by atoms with E-state index in [-0.39, 0.29) is 12.1 Å². The van der Waals surface area contributed by atoms with Crippen LogP contribution in [0.5, 0.6) is 5.75 Å². The largest absolute Gasteiger partial charge is 0.492 e. The van der Waals surface area contributed by atoms with Crippen molar-refractivity contribution in [2.45, 2.75) is 19.9 Å². The Kier molecular flexibility index (Phi) is 6.29. The molecule has 23 heavy (non-hydrogen) atoms. The van der Waals surface area contributed by atoms with Crippen molar-refractivity contribution in [2.24, 2.45) is 0 Å². The first-order chi connectivity index (χ1) is 11.1. The Morgan fingerprint density at radius 2 is 1.96 bits per heavy atom. The molecule has 2 amide bonds. The predicted molar refractivity (Wildman–Crippen MR) is 93.1 cm³/mol. The summed E-state index contributed by atoms with van der Waals surface area (Å²) in [5.74, 6) is 0.742. The molecule has 122 valence electrons. The second-order valence-electron chi connectivity index (χ2n) is 5.29. The van der Waals surface area contributed by atoms with Gasteiger partial charge in [0.05, 0.1) is 12.6 Å². The third-order valence-electron chi connectivity index (χ3n) is 3.43. The van der Waals surface area contributed by atoms with E-state index in [4.69, 9.17) is 16.3 Å². The zero-order valence-corrected chi connectivity index (χ0v) is 14.1. The van der Waals surface area contributed by atoms with Crippen molar-refractivity contribution < 1.29 is 9.53 Å². The normalized spacial score (nSPS) is 11.6. The van der Waals surface area contributed by atoms with Gasteiger partial charge in [-0.3, -0.25) is 0 Å². The molecule has 0 spiro atoms. The van der Waals surface area contributed by atoms with Gasteiger partial charge in [0.25, 0.3) is 0 Å². The number of hydrogen-bond acceptors (Lipinski definition) is 2. The molecular formula is C18H21ClN2O2. The predicted octanol–water partition coefficient (Wildman–Crippen LogP) is 4.09. The van der Waals surface area contributed by atoms with Crippen molar-refractivity contribution in [2.75, 3.05) is 13.2 Å². The molecular weight excluding hydrogens is 312 g/mol. The molecule has 1 unspecified atom stereocenters. The van der Waals surface area contributed by atoms with Gasteiger partial charge in [0, 0.05) is 5.02 Å². The van der Waals surface area contributed by atoms with Crippen LogP contribution in [-0.2, 0) is 0 Å². The molecule has 2 aromatic carbocycles. The van der Waals surface area contributed by atoms with Gasteiger partial charge in [-0.1, -0.05) is 41.9 Å². The molecule has 0 fully saturated rings. The van der Waals surface area contributed by atoms with E-state index >= 15 is 0 Å². The minimum Gasteiger partial charge on any atom is -0.492 e. The Balaban J connectivity index is 1.69. The zero-order chi connectivity index (χ0) is 16.7. The van der Waals surface area contributed by atoms with Gasteiger partial charge in [0.1, 0.15) is 12.4 Å². The molecule has 5 heteroatoms. The number of rotatable bonds is 6. The Bertz CT molecular complexity index is 647. The van der Waals surface area contributed by atoms with Crippen LogP contribution in [0.15, 0.2) is 48.5 Å². The molecule has 0 radical (unpaired) electrons. The Labute approximate surface area is 141 Å². The molecule has 0 heterocycles. The molecule has 0 saturated carbocycles. The van der Waals surface area contributed by atoms with Gasteiger partial charge >= 0.3 is 6.03 Å². The van der Waals surface area contributed by atoms with Crippen molar-refractivity contribution in [3.05, 3.63) is 64.7 Å². The van der Waals surface area contributed by atoms with Crippen molar-refractivity contribution in [3.63, 3.8) is 0 Å². The molecule has 0 aromatic heterocycles. The average molecular weight is 333 g/mol. The number of urea groups is 1. The average Bonchev–Trinajstić information content (AvgIpc) is 2.55. The molecule has 0 aliphatic rings. The van der Waals surface area contributed by atoms with Crippen LogP contribution in [0.2, 0.25) is 5.02 Å². The highest BCUT2D eigenvalue weighted by molar-refractivity contribution is 6.31. The lowest BCUT2D eigenvalue weighted by atomic mass is 10.1. The number of halogens is 1. The maximum atomic E-state index is 11.8. The van der Waals surface area contributed by atoms with E-state index in [1.54, 1.807) is 6.07 Å². The summed E-state index contributed by atoms with van der Waals surface area (Å²) in [5.41, 5.74) is 2.03. The van der Waals surface area contributed by atoms with Crippen LogP contribution in [0.4, 0.5) is 4.79 Å². The summed E-state index contributed by atoms with van der Waals surface area (Å²) in [5, 5.41) is 6.38. The van der Waals surface area contributed by atoms with Crippen LogP contribution < -0.4 is 15.4 Å². The smallest absolute Gasteiger partial charge is 0.315 e. The molecule has 0 saturated heterocycles. The fourth-order valence-electron chi connectivity index (χ4n) is 2.11. The Hall–Kier alpha value is -2.20. The van der Waals surface area contributed by atoms with Crippen LogP contribution in [0, 0.1) is 6.92 Å². The standard InChI is InChI=1S/C18H21ClN2O2/c1-13-12-16(8-9-17(13)19)23-11-10-20-18(22)21-14(2)15-6-4-3-5-7-15/h3-9,12,14H,10-11H2,1-2H3,(H2,20,21,22). The van der Waals surface area contributed by atoms with E-state index in [1.807, 2.05) is 56.3 Å². The number of carbonyl (C=O) groups is 1. The molecule has 0 aliphatic heterocycles. The van der Waals surface area contributed by atoms with Crippen LogP contribution in [0.1, 0.15) is 24.1 Å². The summed E-state index contributed by atoms with van der Waals surface area (Å²) < 4.78 is 5.58. The van der Waals surface area contributed by atoms with Crippen molar-refractivity contribution in [3.8, 4) is 5.75 Å². The summed E-state index contributed by atoms with van der Waals surface area (Å²) in [6.45, 7) is 4.69. The highest BCUT2D eigenvalue weighted by atomic mass is 35.5. The van der Waals surface area contributed by atoms with E-state index in [0.29, 0.717) is 18.2 Å². The van der Waals surface area contributed by atoms with Gasteiger partial charge < -0.3 is 15.4 Å². The quantitative estimate of drug-likeness (QED) is 0.783. The number of hydrogen-bond donors (Lipinski definition) is 2. The van der Waals surface area contributed by atoms with Gasteiger partial charge in [-0.05, 0) is 43.2 Å². The molecule has 0 aliphatic carbocycles. The molecule has 4 nitrogen and oxygen atoms in total. The van der Waals surface area contributed by atoms with E-state index in [0.717, 1.165) is 16.9 Å². The van der Waals surface area contributed by atoms with Gasteiger partial charge in [-0.2, -0.15) is 0 Å². The fraction of sp³-hybridized carbons (Fsp3) is 0.278. The SMILES string of the molecule is Cc1cc(OCCNC(=O)NC(C)c2ccccc2)ccc1Cl. The minimum absolute atomic E-state index is 0.0453. The number of ether oxygens (including phenoxy) is 1. The van der Waals surface area contributed by atoms with Crippen molar-refractivity contribution in [1.29, 1.82) is 0 Å². The summed E-state index contributed by atoms with van der Waals surface area (Å²) in [4.78, 5) is 11.8. The van der Waals surface area contributed by atoms with Gasteiger partial charge in [0.2, 0.25) is 0 Å². The Morgan fingerprint density at radius 3 is 2.65 bits per heavy atom. The van der Waals surface area contributed by atoms with Gasteiger partial charge in [0.15, 0.2) is 0 Å². The molecule has 2 aromatic rings. The van der Waals surface area contributed by atoms with Crippen LogP contribution in [-0.4, -0.2) is 19.2 Å². The highest BCUT2D eigenvalue weighted by Crippen LogP contribution is 2.20. The number of amides is 2. The first kappa shape index (κ1) is 17.2. The summed E-state index contributed by atoms with van der Waals surface area (Å²) >= 11 is 5.96. The monoisotopic (exact) mass is 332 g/mol. The molecule has 0 bridgehead atoms. The molecule has 2 N–H and O–H groups in total. The van der Waals surface area contributed by atoms with E-state index in [1.165, 1.54) is 0 Å². The van der Waals surface area contributed by atoms with E-state index < -0.39 is 0 Å². The summed E-state index contributed by atoms with van der Waals surface area (Å²) in [7, 11) is 0. The van der Waals surface area contributed by atoms with Gasteiger partial charge in [-0.25, -0.2) is 4.79 Å². The first-order valence-electron chi connectivity index (χ1n) is 7.54. The lowest BCUT2D eigenvalue weighted by molar-refractivity contribution is 0.233. The topological polar surface area (TPSA) is 50.4 Å². The first-order valence-corrected chi connectivity index (χ1v) is 7.92. The van der Waals surface area contributed by atoms with Crippen LogP contribution in [0.25, 0.3) is 0 Å². The third-order valence-corrected chi connectivity index (χ3v) is 3.86. The number of carbonyl (C=O) groups excluding carboxylic acids is 1. The number of aryl methyl sites for hydroxylation is 1. The highest BCUT2D eigenvalue weighted by Gasteiger charge is 2.08. The second kappa shape index (κ2) is 8.44. The molecule has 2 rings (SSSR count). The van der Waals surface area contributed by atoms with Crippen molar-refractivity contribution >= 4 is 17.6 Å². The maximum absolute atomic E-state index is 11.8. The van der Waals surface area contributed by atoms with Crippen molar-refractivity contribution in [1.82, 2.24) is 10.6 Å². The van der Waals surface area contributed by atoms with E-state index in [9.17, 15) is 4.79 Å². The summed E-state index contributed by atoms with van der Waals surface area (Å²) in [6.07, 6.45) is 0. The van der Waals surface area contributed by atoms with E-state index in [2.05, 4.69) is 10.6 Å². The second-order valence-corrected chi connectivity index (χ2v) is 5.70. The Morgan fingerprint density at radius 1 is 1.22 bits per heavy atom. The number of nitrogens with one attached hydrogen (secondary N) is 2. The zero-order valence-electron chi connectivity index (χ0n) is 13.3. The minimum atomic E-state index is -0.211. The lowest BCUT2D eigenvalue weighted by Crippen LogP contribution is -2.38. The number of benzene rings is 2.